The molecule has 1 atom stereocenters. The minimum Gasteiger partial charge on any atom is -0.351 e. The van der Waals surface area contributed by atoms with Gasteiger partial charge in [-0.1, -0.05) is 25.3 Å². The third-order valence-corrected chi connectivity index (χ3v) is 4.41. The van der Waals surface area contributed by atoms with Gasteiger partial charge in [-0.15, -0.1) is 5.10 Å². The van der Waals surface area contributed by atoms with E-state index >= 15 is 0 Å². The van der Waals surface area contributed by atoms with E-state index < -0.39 is 0 Å². The molecule has 6 heteroatoms. The zero-order chi connectivity index (χ0) is 14.5. The van der Waals surface area contributed by atoms with Crippen LogP contribution in [-0.4, -0.2) is 46.6 Å². The van der Waals surface area contributed by atoms with Gasteiger partial charge in [0.1, 0.15) is 4.88 Å². The lowest BCUT2D eigenvalue weighted by molar-refractivity contribution is 0.0950. The van der Waals surface area contributed by atoms with Crippen molar-refractivity contribution in [2.24, 2.45) is 11.8 Å². The van der Waals surface area contributed by atoms with Crippen LogP contribution < -0.4 is 5.32 Å². The predicted molar refractivity (Wildman–Crippen MR) is 81.0 cm³/mol. The first-order chi connectivity index (χ1) is 9.60. The van der Waals surface area contributed by atoms with Crippen LogP contribution in [0.5, 0.6) is 0 Å². The summed E-state index contributed by atoms with van der Waals surface area (Å²) in [6.07, 6.45) is 1.93. The van der Waals surface area contributed by atoms with E-state index in [-0.39, 0.29) is 5.91 Å². The fraction of sp³-hybridized carbons (Fsp3) is 0.786. The number of hydrogen-bond donors (Lipinski definition) is 1. The summed E-state index contributed by atoms with van der Waals surface area (Å²) in [5.74, 6) is 1.27. The summed E-state index contributed by atoms with van der Waals surface area (Å²) in [4.78, 5) is 15.3. The van der Waals surface area contributed by atoms with Crippen LogP contribution in [0.25, 0.3) is 0 Å². The zero-order valence-corrected chi connectivity index (χ0v) is 13.4. The van der Waals surface area contributed by atoms with Crippen molar-refractivity contribution in [1.82, 2.24) is 19.8 Å². The maximum atomic E-state index is 12.1. The van der Waals surface area contributed by atoms with Crippen LogP contribution in [0.15, 0.2) is 0 Å². The zero-order valence-electron chi connectivity index (χ0n) is 12.6. The average Bonchev–Trinajstić information content (AvgIpc) is 3.03. The summed E-state index contributed by atoms with van der Waals surface area (Å²) < 4.78 is 3.86. The number of aryl methyl sites for hydroxylation is 1. The van der Waals surface area contributed by atoms with Gasteiger partial charge in [0.2, 0.25) is 0 Å². The van der Waals surface area contributed by atoms with Crippen molar-refractivity contribution >= 4 is 17.4 Å². The first-order valence-corrected chi connectivity index (χ1v) is 8.19. The Balaban J connectivity index is 1.77. The molecule has 5 nitrogen and oxygen atoms in total. The summed E-state index contributed by atoms with van der Waals surface area (Å²) in [5, 5.41) is 7.02. The Labute approximate surface area is 124 Å². The molecule has 0 aliphatic carbocycles. The number of aromatic nitrogens is 2. The van der Waals surface area contributed by atoms with Crippen molar-refractivity contribution in [3.8, 4) is 0 Å². The molecule has 0 radical (unpaired) electrons. The molecule has 0 bridgehead atoms. The summed E-state index contributed by atoms with van der Waals surface area (Å²) >= 11 is 1.19. The minimum atomic E-state index is -0.0147. The lowest BCUT2D eigenvalue weighted by Gasteiger charge is -2.18. The molecule has 1 fully saturated rings. The van der Waals surface area contributed by atoms with Crippen molar-refractivity contribution in [2.75, 3.05) is 26.2 Å². The average molecular weight is 296 g/mol. The second-order valence-corrected chi connectivity index (χ2v) is 6.67. The van der Waals surface area contributed by atoms with Crippen LogP contribution in [-0.2, 0) is 6.42 Å². The monoisotopic (exact) mass is 296 g/mol. The van der Waals surface area contributed by atoms with Gasteiger partial charge < -0.3 is 10.2 Å². The van der Waals surface area contributed by atoms with Crippen molar-refractivity contribution < 1.29 is 4.79 Å². The van der Waals surface area contributed by atoms with E-state index in [0.717, 1.165) is 38.3 Å². The number of amides is 1. The first kappa shape index (κ1) is 15.4. The van der Waals surface area contributed by atoms with Crippen LogP contribution >= 0.6 is 11.5 Å². The highest BCUT2D eigenvalue weighted by Gasteiger charge is 2.24. The Hall–Kier alpha value is -1.01. The van der Waals surface area contributed by atoms with Gasteiger partial charge >= 0.3 is 0 Å². The third-order valence-electron chi connectivity index (χ3n) is 3.64. The van der Waals surface area contributed by atoms with Gasteiger partial charge in [0.15, 0.2) is 0 Å². The predicted octanol–water partition coefficient (Wildman–Crippen LogP) is 1.81. The summed E-state index contributed by atoms with van der Waals surface area (Å²) in [5.41, 5.74) is 0.806. The molecule has 1 aromatic rings. The van der Waals surface area contributed by atoms with E-state index in [1.807, 2.05) is 6.92 Å². The highest BCUT2D eigenvalue weighted by molar-refractivity contribution is 7.08. The maximum absolute atomic E-state index is 12.1. The number of nitrogens with one attached hydrogen (secondary N) is 1. The highest BCUT2D eigenvalue weighted by atomic mass is 32.1. The Morgan fingerprint density at radius 3 is 3.05 bits per heavy atom. The SMILES string of the molecule is CCc1nnsc1C(=O)NCC1CCN(CC(C)C)C1. The highest BCUT2D eigenvalue weighted by Crippen LogP contribution is 2.17. The van der Waals surface area contributed by atoms with E-state index in [1.165, 1.54) is 18.0 Å². The Kier molecular flexibility index (Phi) is 5.48. The van der Waals surface area contributed by atoms with Crippen LogP contribution in [0.2, 0.25) is 0 Å². The Morgan fingerprint density at radius 2 is 2.35 bits per heavy atom. The standard InChI is InChI=1S/C14H24N4OS/c1-4-12-13(20-17-16-12)14(19)15-7-11-5-6-18(9-11)8-10(2)3/h10-11H,4-9H2,1-3H3,(H,15,19). The molecule has 1 aliphatic rings. The molecule has 0 saturated carbocycles. The van der Waals surface area contributed by atoms with E-state index in [4.69, 9.17) is 0 Å². The van der Waals surface area contributed by atoms with E-state index in [0.29, 0.717) is 16.7 Å². The van der Waals surface area contributed by atoms with E-state index in [1.54, 1.807) is 0 Å². The molecule has 0 spiro atoms. The maximum Gasteiger partial charge on any atom is 0.264 e. The number of hydrogen-bond acceptors (Lipinski definition) is 5. The topological polar surface area (TPSA) is 58.1 Å². The first-order valence-electron chi connectivity index (χ1n) is 7.42. The molecule has 112 valence electrons. The van der Waals surface area contributed by atoms with Gasteiger partial charge in [-0.2, -0.15) is 0 Å². The number of rotatable bonds is 6. The van der Waals surface area contributed by atoms with Crippen molar-refractivity contribution in [3.05, 3.63) is 10.6 Å². The van der Waals surface area contributed by atoms with Crippen LogP contribution in [0.3, 0.4) is 0 Å². The van der Waals surface area contributed by atoms with Gasteiger partial charge in [-0.25, -0.2) is 0 Å². The number of nitrogens with zero attached hydrogens (tertiary/aromatic N) is 3. The summed E-state index contributed by atoms with van der Waals surface area (Å²) in [7, 11) is 0. The van der Waals surface area contributed by atoms with E-state index in [2.05, 4.69) is 33.7 Å². The molecule has 1 unspecified atom stereocenters. The van der Waals surface area contributed by atoms with Crippen LogP contribution in [0.1, 0.15) is 42.6 Å². The number of carbonyl (C=O) groups is 1. The molecule has 1 aromatic heterocycles. The molecular formula is C14H24N4OS. The number of carbonyl (C=O) groups excluding carboxylic acids is 1. The molecule has 20 heavy (non-hydrogen) atoms. The molecule has 1 N–H and O–H groups in total. The smallest absolute Gasteiger partial charge is 0.264 e. The fourth-order valence-corrected chi connectivity index (χ4v) is 3.36. The van der Waals surface area contributed by atoms with Crippen molar-refractivity contribution in [1.29, 1.82) is 0 Å². The minimum absolute atomic E-state index is 0.0147. The summed E-state index contributed by atoms with van der Waals surface area (Å²) in [6, 6.07) is 0. The quantitative estimate of drug-likeness (QED) is 0.870. The van der Waals surface area contributed by atoms with Gasteiger partial charge in [-0.05, 0) is 42.8 Å². The lowest BCUT2D eigenvalue weighted by atomic mass is 10.1. The molecule has 2 rings (SSSR count). The summed E-state index contributed by atoms with van der Waals surface area (Å²) in [6.45, 7) is 10.7. The second kappa shape index (κ2) is 7.13. The van der Waals surface area contributed by atoms with Gasteiger partial charge in [0, 0.05) is 19.6 Å². The van der Waals surface area contributed by atoms with Gasteiger partial charge in [0.25, 0.3) is 5.91 Å². The normalized spacial score (nSPS) is 19.7. The molecule has 0 aromatic carbocycles. The molecular weight excluding hydrogens is 272 g/mol. The van der Waals surface area contributed by atoms with Gasteiger partial charge in [-0.3, -0.25) is 4.79 Å². The fourth-order valence-electron chi connectivity index (χ4n) is 2.69. The van der Waals surface area contributed by atoms with Crippen molar-refractivity contribution in [3.63, 3.8) is 0 Å². The molecule has 1 saturated heterocycles. The second-order valence-electron chi connectivity index (χ2n) is 5.92. The van der Waals surface area contributed by atoms with E-state index in [9.17, 15) is 4.79 Å². The molecule has 1 aliphatic heterocycles. The lowest BCUT2D eigenvalue weighted by Crippen LogP contribution is -2.31. The third kappa shape index (κ3) is 3.99. The molecule has 1 amide bonds. The van der Waals surface area contributed by atoms with Crippen LogP contribution in [0.4, 0.5) is 0 Å². The Bertz CT molecular complexity index is 446. The van der Waals surface area contributed by atoms with Crippen LogP contribution in [0, 0.1) is 11.8 Å². The number of likely N-dealkylation sites (tertiary alicyclic amines) is 1. The van der Waals surface area contributed by atoms with Crippen molar-refractivity contribution in [2.45, 2.75) is 33.6 Å². The Morgan fingerprint density at radius 1 is 1.55 bits per heavy atom. The molecule has 2 heterocycles. The largest absolute Gasteiger partial charge is 0.351 e. The van der Waals surface area contributed by atoms with Gasteiger partial charge in [0.05, 0.1) is 5.69 Å².